The summed E-state index contributed by atoms with van der Waals surface area (Å²) in [5, 5.41) is 14.2. The van der Waals surface area contributed by atoms with Gasteiger partial charge in [0.2, 0.25) is 5.91 Å². The molecule has 0 aromatic rings. The molecule has 0 heterocycles. The number of urea groups is 1. The highest BCUT2D eigenvalue weighted by molar-refractivity contribution is 5.77. The van der Waals surface area contributed by atoms with Gasteiger partial charge in [0.25, 0.3) is 0 Å². The van der Waals surface area contributed by atoms with Crippen molar-refractivity contribution in [2.24, 2.45) is 5.73 Å². The molecule has 8 heteroatoms. The van der Waals surface area contributed by atoms with Gasteiger partial charge in [0, 0.05) is 6.54 Å². The second kappa shape index (κ2) is 7.68. The number of carboxylic acid groups (broad SMARTS) is 1. The first-order valence-corrected chi connectivity index (χ1v) is 6.57. The molecule has 0 saturated heterocycles. The Morgan fingerprint density at radius 1 is 1.25 bits per heavy atom. The fourth-order valence-electron chi connectivity index (χ4n) is 2.38. The topological polar surface area (TPSA) is 131 Å². The SMILES string of the molecule is NC(=O)COCCNC(=O)NC1(CC(=O)O)CCCC1. The molecule has 8 nitrogen and oxygen atoms in total. The summed E-state index contributed by atoms with van der Waals surface area (Å²) >= 11 is 0. The number of carboxylic acids is 1. The number of amides is 3. The van der Waals surface area contributed by atoms with Gasteiger partial charge >= 0.3 is 12.0 Å². The van der Waals surface area contributed by atoms with E-state index in [1.165, 1.54) is 0 Å². The molecule has 0 radical (unpaired) electrons. The number of nitrogens with two attached hydrogens (primary N) is 1. The van der Waals surface area contributed by atoms with Crippen LogP contribution in [0.3, 0.4) is 0 Å². The van der Waals surface area contributed by atoms with Gasteiger partial charge in [-0.15, -0.1) is 0 Å². The number of ether oxygens (including phenoxy) is 1. The van der Waals surface area contributed by atoms with Crippen LogP contribution >= 0.6 is 0 Å². The average Bonchev–Trinajstić information content (AvgIpc) is 2.75. The Morgan fingerprint density at radius 3 is 2.45 bits per heavy atom. The zero-order chi connectivity index (χ0) is 15.0. The predicted molar refractivity (Wildman–Crippen MR) is 70.0 cm³/mol. The molecule has 3 amide bonds. The molecule has 0 atom stereocenters. The van der Waals surface area contributed by atoms with E-state index < -0.39 is 23.4 Å². The lowest BCUT2D eigenvalue weighted by molar-refractivity contribution is -0.138. The van der Waals surface area contributed by atoms with Crippen LogP contribution in [0.2, 0.25) is 0 Å². The van der Waals surface area contributed by atoms with Crippen molar-refractivity contribution in [1.82, 2.24) is 10.6 Å². The van der Waals surface area contributed by atoms with E-state index >= 15 is 0 Å². The highest BCUT2D eigenvalue weighted by atomic mass is 16.5. The van der Waals surface area contributed by atoms with Crippen LogP contribution in [0.15, 0.2) is 0 Å². The lowest BCUT2D eigenvalue weighted by atomic mass is 9.93. The van der Waals surface area contributed by atoms with Gasteiger partial charge in [-0.1, -0.05) is 12.8 Å². The summed E-state index contributed by atoms with van der Waals surface area (Å²) in [6, 6.07) is -0.421. The smallest absolute Gasteiger partial charge is 0.315 e. The summed E-state index contributed by atoms with van der Waals surface area (Å²) in [7, 11) is 0. The molecule has 0 aliphatic heterocycles. The van der Waals surface area contributed by atoms with Crippen molar-refractivity contribution in [1.29, 1.82) is 0 Å². The predicted octanol–water partition coefficient (Wildman–Crippen LogP) is -0.425. The number of primary amides is 1. The van der Waals surface area contributed by atoms with Crippen molar-refractivity contribution in [3.63, 3.8) is 0 Å². The first-order valence-electron chi connectivity index (χ1n) is 6.57. The minimum Gasteiger partial charge on any atom is -0.481 e. The van der Waals surface area contributed by atoms with Crippen LogP contribution in [0.4, 0.5) is 4.79 Å². The van der Waals surface area contributed by atoms with Crippen molar-refractivity contribution in [3.8, 4) is 0 Å². The third kappa shape index (κ3) is 5.87. The van der Waals surface area contributed by atoms with E-state index in [9.17, 15) is 14.4 Å². The maximum Gasteiger partial charge on any atom is 0.315 e. The Kier molecular flexibility index (Phi) is 6.23. The van der Waals surface area contributed by atoms with Crippen LogP contribution in [-0.4, -0.2) is 48.3 Å². The summed E-state index contributed by atoms with van der Waals surface area (Å²) in [4.78, 5) is 33.0. The van der Waals surface area contributed by atoms with E-state index in [4.69, 9.17) is 15.6 Å². The van der Waals surface area contributed by atoms with Crippen molar-refractivity contribution in [2.75, 3.05) is 19.8 Å². The Bertz CT molecular complexity index is 366. The minimum atomic E-state index is -0.919. The standard InChI is InChI=1S/C12H21N3O5/c13-9(16)8-20-6-5-14-11(19)15-12(7-10(17)18)3-1-2-4-12/h1-8H2,(H2,13,16)(H,17,18)(H2,14,15,19). The fraction of sp³-hybridized carbons (Fsp3) is 0.750. The molecule has 1 rings (SSSR count). The van der Waals surface area contributed by atoms with Crippen molar-refractivity contribution in [2.45, 2.75) is 37.6 Å². The number of carbonyl (C=O) groups is 3. The first kappa shape index (κ1) is 16.2. The maximum absolute atomic E-state index is 11.7. The third-order valence-corrected chi connectivity index (χ3v) is 3.21. The van der Waals surface area contributed by atoms with Crippen LogP contribution < -0.4 is 16.4 Å². The van der Waals surface area contributed by atoms with Gasteiger partial charge in [0.15, 0.2) is 0 Å². The molecule has 20 heavy (non-hydrogen) atoms. The Labute approximate surface area is 117 Å². The zero-order valence-corrected chi connectivity index (χ0v) is 11.3. The fourth-order valence-corrected chi connectivity index (χ4v) is 2.38. The highest BCUT2D eigenvalue weighted by Crippen LogP contribution is 2.32. The molecule has 1 aliphatic carbocycles. The van der Waals surface area contributed by atoms with Gasteiger partial charge in [0.05, 0.1) is 18.6 Å². The second-order valence-corrected chi connectivity index (χ2v) is 4.96. The number of hydrogen-bond acceptors (Lipinski definition) is 4. The van der Waals surface area contributed by atoms with Gasteiger partial charge in [-0.25, -0.2) is 4.79 Å². The van der Waals surface area contributed by atoms with Gasteiger partial charge in [-0.2, -0.15) is 0 Å². The Hall–Kier alpha value is -1.83. The van der Waals surface area contributed by atoms with Crippen LogP contribution in [0.5, 0.6) is 0 Å². The van der Waals surface area contributed by atoms with Crippen LogP contribution in [0.25, 0.3) is 0 Å². The largest absolute Gasteiger partial charge is 0.481 e. The first-order chi connectivity index (χ1) is 9.43. The van der Waals surface area contributed by atoms with Crippen LogP contribution in [0, 0.1) is 0 Å². The lowest BCUT2D eigenvalue weighted by Gasteiger charge is -2.28. The summed E-state index contributed by atoms with van der Waals surface area (Å²) < 4.78 is 4.89. The molecule has 1 aliphatic rings. The Balaban J connectivity index is 2.28. The van der Waals surface area contributed by atoms with E-state index in [1.807, 2.05) is 0 Å². The van der Waals surface area contributed by atoms with Gasteiger partial charge < -0.3 is 26.2 Å². The van der Waals surface area contributed by atoms with Crippen LogP contribution in [-0.2, 0) is 14.3 Å². The summed E-state index contributed by atoms with van der Waals surface area (Å²) in [5.74, 6) is -1.49. The molecular weight excluding hydrogens is 266 g/mol. The number of hydrogen-bond donors (Lipinski definition) is 4. The molecule has 5 N–H and O–H groups in total. The minimum absolute atomic E-state index is 0.0708. The summed E-state index contributed by atoms with van der Waals surface area (Å²) in [5.41, 5.74) is 4.24. The summed E-state index contributed by atoms with van der Waals surface area (Å²) in [6.07, 6.45) is 3.10. The molecule has 0 bridgehead atoms. The molecule has 1 fully saturated rings. The number of nitrogens with one attached hydrogen (secondary N) is 2. The van der Waals surface area contributed by atoms with E-state index in [-0.39, 0.29) is 26.2 Å². The molecular formula is C12H21N3O5. The highest BCUT2D eigenvalue weighted by Gasteiger charge is 2.37. The molecule has 114 valence electrons. The van der Waals surface area contributed by atoms with E-state index in [0.29, 0.717) is 12.8 Å². The van der Waals surface area contributed by atoms with Crippen molar-refractivity contribution < 1.29 is 24.2 Å². The molecule has 0 spiro atoms. The summed E-state index contributed by atoms with van der Waals surface area (Å²) in [6.45, 7) is 0.205. The average molecular weight is 287 g/mol. The number of rotatable bonds is 8. The molecule has 0 aromatic carbocycles. The monoisotopic (exact) mass is 287 g/mol. The maximum atomic E-state index is 11.7. The van der Waals surface area contributed by atoms with Crippen molar-refractivity contribution >= 4 is 17.9 Å². The molecule has 0 unspecified atom stereocenters. The number of carbonyl (C=O) groups excluding carboxylic acids is 2. The number of aliphatic carboxylic acids is 1. The Morgan fingerprint density at radius 2 is 1.90 bits per heavy atom. The lowest BCUT2D eigenvalue weighted by Crippen LogP contribution is -2.52. The van der Waals surface area contributed by atoms with E-state index in [2.05, 4.69) is 10.6 Å². The van der Waals surface area contributed by atoms with E-state index in [1.54, 1.807) is 0 Å². The van der Waals surface area contributed by atoms with Gasteiger partial charge in [-0.3, -0.25) is 9.59 Å². The van der Waals surface area contributed by atoms with Crippen LogP contribution in [0.1, 0.15) is 32.1 Å². The normalized spacial score (nSPS) is 16.6. The van der Waals surface area contributed by atoms with Gasteiger partial charge in [0.1, 0.15) is 6.61 Å². The zero-order valence-electron chi connectivity index (χ0n) is 11.3. The second-order valence-electron chi connectivity index (χ2n) is 4.96. The third-order valence-electron chi connectivity index (χ3n) is 3.21. The van der Waals surface area contributed by atoms with Gasteiger partial charge in [-0.05, 0) is 12.8 Å². The van der Waals surface area contributed by atoms with Crippen molar-refractivity contribution in [3.05, 3.63) is 0 Å². The quantitative estimate of drug-likeness (QED) is 0.450. The van der Waals surface area contributed by atoms with E-state index in [0.717, 1.165) is 12.8 Å². The molecule has 0 aromatic heterocycles. The molecule has 1 saturated carbocycles.